The van der Waals surface area contributed by atoms with Crippen LogP contribution in [0, 0.1) is 0 Å². The van der Waals surface area contributed by atoms with Crippen LogP contribution in [0.5, 0.6) is 0 Å². The molecule has 0 radical (unpaired) electrons. The Kier molecular flexibility index (Phi) is 3.51. The molecule has 0 bridgehead atoms. The van der Waals surface area contributed by atoms with Gasteiger partial charge in [0, 0.05) is 28.1 Å². The first-order valence-corrected chi connectivity index (χ1v) is 8.16. The van der Waals surface area contributed by atoms with Gasteiger partial charge in [-0.3, -0.25) is 4.79 Å². The second-order valence-electron chi connectivity index (χ2n) is 5.69. The van der Waals surface area contributed by atoms with Gasteiger partial charge in [0.25, 0.3) is 0 Å². The zero-order valence-corrected chi connectivity index (χ0v) is 13.7. The number of nitrogens with one attached hydrogen (secondary N) is 1. The number of halogens is 2. The molecule has 0 fully saturated rings. The molecule has 3 aromatic carbocycles. The molecular formula is C19H13Cl2NO. The quantitative estimate of drug-likeness (QED) is 0.611. The highest BCUT2D eigenvalue weighted by Crippen LogP contribution is 2.45. The third kappa shape index (κ3) is 2.39. The van der Waals surface area contributed by atoms with E-state index in [-0.39, 0.29) is 11.8 Å². The minimum absolute atomic E-state index is 0.0197. The minimum Gasteiger partial charge on any atom is -0.326 e. The Morgan fingerprint density at radius 3 is 2.39 bits per heavy atom. The summed E-state index contributed by atoms with van der Waals surface area (Å²) in [5.74, 6) is -0.167. The number of hydrogen-bond acceptors (Lipinski definition) is 1. The summed E-state index contributed by atoms with van der Waals surface area (Å²) >= 11 is 12.8. The summed E-state index contributed by atoms with van der Waals surface area (Å²) in [5.41, 5.74) is 2.74. The van der Waals surface area contributed by atoms with Crippen LogP contribution in [0.3, 0.4) is 0 Å². The van der Waals surface area contributed by atoms with E-state index in [4.69, 9.17) is 23.2 Å². The average molecular weight is 342 g/mol. The van der Waals surface area contributed by atoms with Gasteiger partial charge in [-0.05, 0) is 40.1 Å². The molecule has 0 unspecified atom stereocenters. The maximum absolute atomic E-state index is 12.2. The van der Waals surface area contributed by atoms with E-state index in [2.05, 4.69) is 17.4 Å². The Hall–Kier alpha value is -2.03. The van der Waals surface area contributed by atoms with Crippen molar-refractivity contribution in [3.8, 4) is 0 Å². The Labute approximate surface area is 144 Å². The maximum Gasteiger partial charge on any atom is 0.225 e. The van der Waals surface area contributed by atoms with Crippen LogP contribution in [0.4, 0.5) is 5.69 Å². The average Bonchev–Trinajstić information content (AvgIpc) is 2.54. The van der Waals surface area contributed by atoms with Crippen LogP contribution in [0.1, 0.15) is 23.5 Å². The van der Waals surface area contributed by atoms with Crippen LogP contribution >= 0.6 is 23.2 Å². The van der Waals surface area contributed by atoms with Crippen LogP contribution < -0.4 is 5.32 Å². The van der Waals surface area contributed by atoms with Crippen molar-refractivity contribution in [1.29, 1.82) is 0 Å². The lowest BCUT2D eigenvalue weighted by Gasteiger charge is -2.28. The highest BCUT2D eigenvalue weighted by molar-refractivity contribution is 6.36. The van der Waals surface area contributed by atoms with Gasteiger partial charge in [-0.25, -0.2) is 0 Å². The summed E-state index contributed by atoms with van der Waals surface area (Å²) in [6, 6.07) is 17.6. The number of fused-ring (bicyclic) bond motifs is 3. The molecule has 0 spiro atoms. The van der Waals surface area contributed by atoms with Crippen molar-refractivity contribution in [3.05, 3.63) is 75.8 Å². The predicted octanol–water partition coefficient (Wildman–Crippen LogP) is 5.62. The van der Waals surface area contributed by atoms with Crippen molar-refractivity contribution in [2.24, 2.45) is 0 Å². The van der Waals surface area contributed by atoms with E-state index >= 15 is 0 Å². The first-order valence-electron chi connectivity index (χ1n) is 7.40. The standard InChI is InChI=1S/C19H13Cl2NO/c20-14-6-3-7-15(21)19(14)13-10-17(23)22-16-9-8-11-4-1-2-5-12(11)18(13)16/h1-9,13H,10H2,(H,22,23)/t13-/m0/s1. The molecule has 23 heavy (non-hydrogen) atoms. The molecule has 1 heterocycles. The van der Waals surface area contributed by atoms with E-state index in [1.165, 1.54) is 0 Å². The number of benzene rings is 3. The number of carbonyl (C=O) groups excluding carboxylic acids is 1. The topological polar surface area (TPSA) is 29.1 Å². The van der Waals surface area contributed by atoms with Crippen molar-refractivity contribution in [1.82, 2.24) is 0 Å². The second-order valence-corrected chi connectivity index (χ2v) is 6.50. The molecule has 114 valence electrons. The fourth-order valence-electron chi connectivity index (χ4n) is 3.36. The van der Waals surface area contributed by atoms with Crippen LogP contribution in [0.2, 0.25) is 10.0 Å². The normalized spacial score (nSPS) is 17.0. The zero-order valence-electron chi connectivity index (χ0n) is 12.1. The largest absolute Gasteiger partial charge is 0.326 e. The fraction of sp³-hybridized carbons (Fsp3) is 0.105. The summed E-state index contributed by atoms with van der Waals surface area (Å²) in [4.78, 5) is 12.2. The molecular weight excluding hydrogens is 329 g/mol. The molecule has 1 amide bonds. The lowest BCUT2D eigenvalue weighted by Crippen LogP contribution is -2.24. The van der Waals surface area contributed by atoms with Gasteiger partial charge in [-0.2, -0.15) is 0 Å². The third-order valence-electron chi connectivity index (χ3n) is 4.33. The molecule has 0 aromatic heterocycles. The monoisotopic (exact) mass is 341 g/mol. The Morgan fingerprint density at radius 1 is 0.870 bits per heavy atom. The molecule has 4 heteroatoms. The Morgan fingerprint density at radius 2 is 1.61 bits per heavy atom. The van der Waals surface area contributed by atoms with Crippen molar-refractivity contribution in [2.75, 3.05) is 5.32 Å². The van der Waals surface area contributed by atoms with Crippen molar-refractivity contribution in [3.63, 3.8) is 0 Å². The third-order valence-corrected chi connectivity index (χ3v) is 4.99. The molecule has 2 nitrogen and oxygen atoms in total. The van der Waals surface area contributed by atoms with Crippen molar-refractivity contribution in [2.45, 2.75) is 12.3 Å². The number of carbonyl (C=O) groups is 1. The van der Waals surface area contributed by atoms with Crippen LogP contribution in [-0.2, 0) is 4.79 Å². The summed E-state index contributed by atoms with van der Waals surface area (Å²) in [6.45, 7) is 0. The molecule has 1 aliphatic heterocycles. The van der Waals surface area contributed by atoms with Gasteiger partial charge in [0.15, 0.2) is 0 Å². The minimum atomic E-state index is -0.147. The van der Waals surface area contributed by atoms with Gasteiger partial charge in [0.2, 0.25) is 5.91 Å². The predicted molar refractivity (Wildman–Crippen MR) is 95.5 cm³/mol. The van der Waals surface area contributed by atoms with Gasteiger partial charge in [0.05, 0.1) is 0 Å². The molecule has 1 aliphatic rings. The van der Waals surface area contributed by atoms with E-state index in [1.807, 2.05) is 42.5 Å². The van der Waals surface area contributed by atoms with Gasteiger partial charge in [-0.15, -0.1) is 0 Å². The molecule has 1 N–H and O–H groups in total. The summed E-state index contributed by atoms with van der Waals surface area (Å²) < 4.78 is 0. The van der Waals surface area contributed by atoms with Crippen molar-refractivity contribution >= 4 is 45.6 Å². The van der Waals surface area contributed by atoms with Gasteiger partial charge < -0.3 is 5.32 Å². The van der Waals surface area contributed by atoms with Crippen LogP contribution in [0.25, 0.3) is 10.8 Å². The number of hydrogen-bond donors (Lipinski definition) is 1. The molecule has 1 atom stereocenters. The molecule has 0 saturated heterocycles. The van der Waals surface area contributed by atoms with E-state index in [0.29, 0.717) is 16.5 Å². The Bertz CT molecular complexity index is 916. The fourth-order valence-corrected chi connectivity index (χ4v) is 4.02. The summed E-state index contributed by atoms with van der Waals surface area (Å²) in [7, 11) is 0. The van der Waals surface area contributed by atoms with Crippen LogP contribution in [-0.4, -0.2) is 5.91 Å². The lowest BCUT2D eigenvalue weighted by molar-refractivity contribution is -0.116. The van der Waals surface area contributed by atoms with E-state index < -0.39 is 0 Å². The van der Waals surface area contributed by atoms with Gasteiger partial charge >= 0.3 is 0 Å². The second kappa shape index (κ2) is 5.55. The molecule has 3 aromatic rings. The van der Waals surface area contributed by atoms with E-state index in [9.17, 15) is 4.79 Å². The summed E-state index contributed by atoms with van der Waals surface area (Å²) in [6.07, 6.45) is 0.338. The number of amides is 1. The van der Waals surface area contributed by atoms with Gasteiger partial charge in [0.1, 0.15) is 0 Å². The molecule has 4 rings (SSSR count). The van der Waals surface area contributed by atoms with Crippen molar-refractivity contribution < 1.29 is 4.79 Å². The SMILES string of the molecule is O=C1C[C@H](c2c(Cl)cccc2Cl)c2c(ccc3ccccc23)N1. The maximum atomic E-state index is 12.2. The lowest BCUT2D eigenvalue weighted by atomic mass is 9.82. The number of anilines is 1. The highest BCUT2D eigenvalue weighted by atomic mass is 35.5. The smallest absolute Gasteiger partial charge is 0.225 e. The van der Waals surface area contributed by atoms with Crippen LogP contribution in [0.15, 0.2) is 54.6 Å². The molecule has 0 aliphatic carbocycles. The first kappa shape index (κ1) is 14.6. The number of rotatable bonds is 1. The molecule has 0 saturated carbocycles. The van der Waals surface area contributed by atoms with Gasteiger partial charge in [-0.1, -0.05) is 59.6 Å². The first-order chi connectivity index (χ1) is 11.1. The zero-order chi connectivity index (χ0) is 16.0. The van der Waals surface area contributed by atoms with E-state index in [0.717, 1.165) is 27.6 Å². The van der Waals surface area contributed by atoms with E-state index in [1.54, 1.807) is 0 Å². The summed E-state index contributed by atoms with van der Waals surface area (Å²) in [5, 5.41) is 6.40. The Balaban J connectivity index is 2.04. The highest BCUT2D eigenvalue weighted by Gasteiger charge is 2.30.